The number of hydrogen-bond acceptors (Lipinski definition) is 4. The molecule has 0 aliphatic carbocycles. The van der Waals surface area contributed by atoms with Crippen LogP contribution in [0.1, 0.15) is 6.42 Å². The molecule has 0 N–H and O–H groups in total. The first-order valence-corrected chi connectivity index (χ1v) is 7.37. The Balaban J connectivity index is 2.72. The molecule has 3 nitrogen and oxygen atoms in total. The molecule has 0 radical (unpaired) electrons. The number of halogens is 7. The van der Waals surface area contributed by atoms with Gasteiger partial charge in [0.25, 0.3) is 0 Å². The van der Waals surface area contributed by atoms with Gasteiger partial charge in [0, 0.05) is 17.6 Å². The van der Waals surface area contributed by atoms with E-state index in [0.29, 0.717) is 0 Å². The molecule has 1 rings (SSSR count). The molecule has 0 saturated heterocycles. The maximum atomic E-state index is 13.5. The molecule has 120 valence electrons. The first kappa shape index (κ1) is 18.3. The van der Waals surface area contributed by atoms with Crippen LogP contribution in [0.5, 0.6) is 5.88 Å². The molecule has 1 atom stereocenters. The van der Waals surface area contributed by atoms with Gasteiger partial charge in [-0.15, -0.1) is 0 Å². The Morgan fingerprint density at radius 2 is 1.95 bits per heavy atom. The standard InChI is InChI=1S/C10H9BrF6N2OS/c11-3-1-6(12)10(16,17)21-8-18-4-2-7(19-8)20-5-9(13,14)15/h2,4,6H,1,3,5H2. The molecular formula is C10H9BrF6N2OS. The average Bonchev–Trinajstić information content (AvgIpc) is 2.36. The van der Waals surface area contributed by atoms with Crippen LogP contribution in [0.3, 0.4) is 0 Å². The fourth-order valence-electron chi connectivity index (χ4n) is 1.06. The quantitative estimate of drug-likeness (QED) is 0.298. The van der Waals surface area contributed by atoms with Gasteiger partial charge in [-0.3, -0.25) is 0 Å². The monoisotopic (exact) mass is 398 g/mol. The van der Waals surface area contributed by atoms with Crippen LogP contribution >= 0.6 is 27.7 Å². The van der Waals surface area contributed by atoms with Crippen molar-refractivity contribution in [2.24, 2.45) is 0 Å². The summed E-state index contributed by atoms with van der Waals surface area (Å²) in [5, 5.41) is -4.33. The van der Waals surface area contributed by atoms with Crippen molar-refractivity contribution in [2.75, 3.05) is 11.9 Å². The number of alkyl halides is 7. The van der Waals surface area contributed by atoms with Crippen molar-refractivity contribution in [2.45, 2.75) is 29.2 Å². The first-order chi connectivity index (χ1) is 9.64. The van der Waals surface area contributed by atoms with Crippen molar-refractivity contribution in [3.63, 3.8) is 0 Å². The van der Waals surface area contributed by atoms with Crippen LogP contribution < -0.4 is 4.74 Å². The fraction of sp³-hybridized carbons (Fsp3) is 0.600. The Bertz CT molecular complexity index is 461. The van der Waals surface area contributed by atoms with E-state index in [2.05, 4.69) is 30.6 Å². The number of aromatic nitrogens is 2. The Kier molecular flexibility index (Phi) is 6.57. The van der Waals surface area contributed by atoms with E-state index in [1.807, 2.05) is 0 Å². The van der Waals surface area contributed by atoms with Crippen LogP contribution in [-0.2, 0) is 0 Å². The van der Waals surface area contributed by atoms with E-state index < -0.39 is 41.7 Å². The maximum Gasteiger partial charge on any atom is 0.422 e. The summed E-state index contributed by atoms with van der Waals surface area (Å²) in [6.07, 6.45) is -6.49. The highest BCUT2D eigenvalue weighted by Crippen LogP contribution is 2.40. The van der Waals surface area contributed by atoms with E-state index in [4.69, 9.17) is 0 Å². The van der Waals surface area contributed by atoms with E-state index >= 15 is 0 Å². The van der Waals surface area contributed by atoms with E-state index in [9.17, 15) is 26.3 Å². The molecule has 1 aromatic heterocycles. The summed E-state index contributed by atoms with van der Waals surface area (Å²) in [5.41, 5.74) is 0. The van der Waals surface area contributed by atoms with Crippen molar-refractivity contribution in [3.8, 4) is 5.88 Å². The SMILES string of the molecule is FC(CCBr)C(F)(F)Sc1nccc(OCC(F)(F)F)n1. The third-order valence-electron chi connectivity index (χ3n) is 1.95. The lowest BCUT2D eigenvalue weighted by Gasteiger charge is -2.18. The third-order valence-corrected chi connectivity index (χ3v) is 3.31. The maximum absolute atomic E-state index is 13.5. The Hall–Kier alpha value is -0.710. The molecular weight excluding hydrogens is 390 g/mol. The normalized spacial score (nSPS) is 14.0. The van der Waals surface area contributed by atoms with Gasteiger partial charge in [-0.25, -0.2) is 9.37 Å². The summed E-state index contributed by atoms with van der Waals surface area (Å²) in [6, 6.07) is 0.985. The summed E-state index contributed by atoms with van der Waals surface area (Å²) in [4.78, 5) is 6.82. The summed E-state index contributed by atoms with van der Waals surface area (Å²) >= 11 is 2.57. The van der Waals surface area contributed by atoms with Gasteiger partial charge in [0.2, 0.25) is 5.88 Å². The number of rotatable bonds is 7. The van der Waals surface area contributed by atoms with Gasteiger partial charge in [-0.1, -0.05) is 15.9 Å². The summed E-state index contributed by atoms with van der Waals surface area (Å²) in [5.74, 6) is -0.517. The Labute approximate surface area is 128 Å². The third kappa shape index (κ3) is 6.72. The predicted molar refractivity (Wildman–Crippen MR) is 67.7 cm³/mol. The molecule has 0 aromatic carbocycles. The molecule has 0 aliphatic heterocycles. The lowest BCUT2D eigenvalue weighted by atomic mass is 10.3. The molecule has 0 amide bonds. The van der Waals surface area contributed by atoms with Gasteiger partial charge >= 0.3 is 11.4 Å². The first-order valence-electron chi connectivity index (χ1n) is 5.43. The van der Waals surface area contributed by atoms with Crippen molar-refractivity contribution in [1.82, 2.24) is 9.97 Å². The van der Waals surface area contributed by atoms with E-state index in [-0.39, 0.29) is 17.1 Å². The van der Waals surface area contributed by atoms with Crippen LogP contribution in [0.4, 0.5) is 26.3 Å². The number of thioether (sulfide) groups is 1. The Morgan fingerprint density at radius 1 is 1.29 bits per heavy atom. The zero-order valence-corrected chi connectivity index (χ0v) is 12.6. The van der Waals surface area contributed by atoms with Crippen LogP contribution in [0.25, 0.3) is 0 Å². The zero-order valence-electron chi connectivity index (χ0n) is 10.2. The van der Waals surface area contributed by atoms with E-state index in [1.165, 1.54) is 0 Å². The number of ether oxygens (including phenoxy) is 1. The number of hydrogen-bond donors (Lipinski definition) is 0. The van der Waals surface area contributed by atoms with Crippen molar-refractivity contribution >= 4 is 27.7 Å². The van der Waals surface area contributed by atoms with Gasteiger partial charge in [0.05, 0.1) is 0 Å². The highest BCUT2D eigenvalue weighted by Gasteiger charge is 2.42. The molecule has 0 aliphatic rings. The second kappa shape index (κ2) is 7.52. The van der Waals surface area contributed by atoms with Crippen molar-refractivity contribution in [3.05, 3.63) is 12.3 Å². The second-order valence-electron chi connectivity index (χ2n) is 3.69. The predicted octanol–water partition coefficient (Wildman–Crippen LogP) is 4.23. The molecule has 0 spiro atoms. The molecule has 21 heavy (non-hydrogen) atoms. The van der Waals surface area contributed by atoms with Gasteiger partial charge in [-0.2, -0.15) is 26.9 Å². The molecule has 1 aromatic rings. The van der Waals surface area contributed by atoms with E-state index in [1.54, 1.807) is 0 Å². The molecule has 1 heterocycles. The van der Waals surface area contributed by atoms with Crippen molar-refractivity contribution in [1.29, 1.82) is 0 Å². The highest BCUT2D eigenvalue weighted by molar-refractivity contribution is 9.09. The molecule has 0 fully saturated rings. The molecule has 1 unspecified atom stereocenters. The fourth-order valence-corrected chi connectivity index (χ4v) is 2.20. The zero-order chi connectivity index (χ0) is 16.1. The van der Waals surface area contributed by atoms with Crippen LogP contribution in [-0.4, -0.2) is 39.5 Å². The largest absolute Gasteiger partial charge is 0.468 e. The minimum Gasteiger partial charge on any atom is -0.468 e. The second-order valence-corrected chi connectivity index (χ2v) is 5.60. The topological polar surface area (TPSA) is 35.0 Å². The smallest absolute Gasteiger partial charge is 0.422 e. The average molecular weight is 399 g/mol. The van der Waals surface area contributed by atoms with Crippen LogP contribution in [0.2, 0.25) is 0 Å². The Morgan fingerprint density at radius 3 is 2.52 bits per heavy atom. The minimum atomic E-state index is -4.58. The van der Waals surface area contributed by atoms with Gasteiger partial charge in [0.1, 0.15) is 0 Å². The molecule has 11 heteroatoms. The highest BCUT2D eigenvalue weighted by atomic mass is 79.9. The molecule has 0 saturated carbocycles. The summed E-state index contributed by atoms with van der Waals surface area (Å²) < 4.78 is 80.3. The van der Waals surface area contributed by atoms with Gasteiger partial charge in [-0.05, 0) is 18.2 Å². The van der Waals surface area contributed by atoms with Gasteiger partial charge < -0.3 is 4.74 Å². The summed E-state index contributed by atoms with van der Waals surface area (Å²) in [7, 11) is 0. The minimum absolute atomic E-state index is 0.0416. The summed E-state index contributed by atoms with van der Waals surface area (Å²) in [6.45, 7) is -1.61. The van der Waals surface area contributed by atoms with E-state index in [0.717, 1.165) is 12.3 Å². The molecule has 0 bridgehead atoms. The number of nitrogens with zero attached hydrogens (tertiary/aromatic N) is 2. The van der Waals surface area contributed by atoms with Gasteiger partial charge in [0.15, 0.2) is 17.9 Å². The van der Waals surface area contributed by atoms with Crippen LogP contribution in [0.15, 0.2) is 17.4 Å². The lowest BCUT2D eigenvalue weighted by molar-refractivity contribution is -0.154. The van der Waals surface area contributed by atoms with Crippen LogP contribution in [0, 0.1) is 0 Å². The lowest BCUT2D eigenvalue weighted by Crippen LogP contribution is -2.26. The van der Waals surface area contributed by atoms with Crippen molar-refractivity contribution < 1.29 is 31.1 Å².